The third kappa shape index (κ3) is 5.94. The predicted octanol–water partition coefficient (Wildman–Crippen LogP) is 7.97. The molecule has 0 spiro atoms. The molecule has 0 aliphatic carbocycles. The first kappa shape index (κ1) is 33.2. The number of carbonyl (C=O) groups is 2. The highest BCUT2D eigenvalue weighted by molar-refractivity contribution is 8.02. The van der Waals surface area contributed by atoms with Crippen molar-refractivity contribution in [1.82, 2.24) is 0 Å². The van der Waals surface area contributed by atoms with Gasteiger partial charge in [-0.1, -0.05) is 48.5 Å². The molecule has 2 fully saturated rings. The van der Waals surface area contributed by atoms with Crippen LogP contribution in [0.15, 0.2) is 97.1 Å². The lowest BCUT2D eigenvalue weighted by Gasteiger charge is -2.35. The van der Waals surface area contributed by atoms with Crippen LogP contribution in [-0.4, -0.2) is 32.2 Å². The Kier molecular flexibility index (Phi) is 8.82. The largest absolute Gasteiger partial charge is 0.292 e. The number of hydrogen-bond donors (Lipinski definition) is 0. The minimum absolute atomic E-state index is 0.0210. The zero-order valence-corrected chi connectivity index (χ0v) is 28.5. The van der Waals surface area contributed by atoms with Gasteiger partial charge in [0, 0.05) is 35.6 Å². The van der Waals surface area contributed by atoms with Gasteiger partial charge in [0.25, 0.3) is 11.4 Å². The molecule has 48 heavy (non-hydrogen) atoms. The lowest BCUT2D eigenvalue weighted by molar-refractivity contribution is -0.385. The molecule has 0 saturated carbocycles. The minimum atomic E-state index is -0.670. The fourth-order valence-electron chi connectivity index (χ4n) is 6.52. The van der Waals surface area contributed by atoms with Crippen LogP contribution in [0.1, 0.15) is 49.9 Å². The van der Waals surface area contributed by atoms with E-state index in [2.05, 4.69) is 48.5 Å². The van der Waals surface area contributed by atoms with Gasteiger partial charge in [-0.2, -0.15) is 0 Å². The smallest absolute Gasteiger partial charge is 0.269 e. The van der Waals surface area contributed by atoms with Crippen LogP contribution >= 0.6 is 23.5 Å². The fourth-order valence-corrected chi connectivity index (χ4v) is 9.45. The average Bonchev–Trinajstić information content (AvgIpc) is 3.46. The molecule has 12 heteroatoms. The Morgan fingerprint density at radius 3 is 1.19 bits per heavy atom. The van der Waals surface area contributed by atoms with Gasteiger partial charge in [0.2, 0.25) is 11.8 Å². The number of thioether (sulfide) groups is 2. The summed E-state index contributed by atoms with van der Waals surface area (Å²) in [6.45, 7) is 7.79. The summed E-state index contributed by atoms with van der Waals surface area (Å²) < 4.78 is 0. The van der Waals surface area contributed by atoms with E-state index in [0.717, 1.165) is 35.1 Å². The third-order valence-corrected chi connectivity index (χ3v) is 12.0. The highest BCUT2D eigenvalue weighted by Gasteiger charge is 2.50. The normalized spacial score (nSPS) is 23.9. The van der Waals surface area contributed by atoms with Crippen molar-refractivity contribution >= 4 is 58.1 Å². The Balaban J connectivity index is 1.16. The van der Waals surface area contributed by atoms with Crippen molar-refractivity contribution < 1.29 is 19.4 Å². The Morgan fingerprint density at radius 1 is 0.583 bits per heavy atom. The molecule has 0 unspecified atom stereocenters. The number of nitro groups is 2. The average molecular weight is 683 g/mol. The molecule has 0 N–H and O–H groups in total. The first-order chi connectivity index (χ1) is 22.8. The van der Waals surface area contributed by atoms with Crippen molar-refractivity contribution in [2.24, 2.45) is 0 Å². The molecule has 246 valence electrons. The Hall–Kier alpha value is -4.68. The van der Waals surface area contributed by atoms with Gasteiger partial charge in [0.1, 0.15) is 9.74 Å². The topological polar surface area (TPSA) is 127 Å². The number of benzene rings is 4. The molecule has 4 aromatic rings. The summed E-state index contributed by atoms with van der Waals surface area (Å²) in [4.78, 5) is 50.1. The van der Waals surface area contributed by atoms with Crippen molar-refractivity contribution in [3.8, 4) is 0 Å². The SMILES string of the molecule is C[C@@H]1S[C@@](C)(c2ccc(CCc3ccc([C@]4(C)S[C@@H](C)C(=O)N4c4ccc([N+](=O)[O-])cc4)cc3)cc2)N(c2ccc([N+](=O)[O-])cc2)C1=O. The van der Waals surface area contributed by atoms with E-state index in [0.29, 0.717) is 11.4 Å². The van der Waals surface area contributed by atoms with Gasteiger partial charge in [-0.15, -0.1) is 23.5 Å². The van der Waals surface area contributed by atoms with Gasteiger partial charge in [0.15, 0.2) is 0 Å². The second-order valence-corrected chi connectivity index (χ2v) is 15.7. The lowest BCUT2D eigenvalue weighted by Crippen LogP contribution is -2.40. The first-order valence-corrected chi connectivity index (χ1v) is 17.3. The van der Waals surface area contributed by atoms with Crippen LogP contribution in [0.4, 0.5) is 22.7 Å². The van der Waals surface area contributed by atoms with E-state index in [-0.39, 0.29) is 33.7 Å². The van der Waals surface area contributed by atoms with Gasteiger partial charge < -0.3 is 0 Å². The summed E-state index contributed by atoms with van der Waals surface area (Å²) in [7, 11) is 0. The van der Waals surface area contributed by atoms with Crippen LogP contribution in [0.3, 0.4) is 0 Å². The monoisotopic (exact) mass is 682 g/mol. The summed E-state index contributed by atoms with van der Waals surface area (Å²) in [6.07, 6.45) is 1.61. The van der Waals surface area contributed by atoms with Crippen molar-refractivity contribution in [2.75, 3.05) is 9.80 Å². The van der Waals surface area contributed by atoms with Crippen LogP contribution in [0.5, 0.6) is 0 Å². The molecule has 0 bridgehead atoms. The molecule has 6 rings (SSSR count). The van der Waals surface area contributed by atoms with Crippen molar-refractivity contribution in [2.45, 2.75) is 60.8 Å². The van der Waals surface area contributed by atoms with E-state index in [1.165, 1.54) is 24.3 Å². The fraction of sp³-hybridized carbons (Fsp3) is 0.278. The number of non-ortho nitro benzene ring substituents is 2. The number of nitro benzene ring substituents is 2. The van der Waals surface area contributed by atoms with Gasteiger partial charge in [-0.3, -0.25) is 39.6 Å². The molecule has 4 aromatic carbocycles. The maximum absolute atomic E-state index is 13.3. The quantitative estimate of drug-likeness (QED) is 0.129. The number of hydrogen-bond acceptors (Lipinski definition) is 8. The second kappa shape index (κ2) is 12.7. The molecular weight excluding hydrogens is 649 g/mol. The van der Waals surface area contributed by atoms with Crippen molar-refractivity contribution in [1.29, 1.82) is 0 Å². The summed E-state index contributed by atoms with van der Waals surface area (Å²) in [6, 6.07) is 28.8. The van der Waals surface area contributed by atoms with Crippen LogP contribution in [0.25, 0.3) is 0 Å². The Morgan fingerprint density at radius 2 is 0.896 bits per heavy atom. The second-order valence-electron chi connectivity index (χ2n) is 12.3. The van der Waals surface area contributed by atoms with Crippen LogP contribution in [0.2, 0.25) is 0 Å². The van der Waals surface area contributed by atoms with Gasteiger partial charge in [-0.05, 0) is 87.1 Å². The van der Waals surface area contributed by atoms with Gasteiger partial charge in [-0.25, -0.2) is 0 Å². The van der Waals surface area contributed by atoms with E-state index in [4.69, 9.17) is 0 Å². The number of nitrogens with zero attached hydrogens (tertiary/aromatic N) is 4. The number of anilines is 2. The first-order valence-electron chi connectivity index (χ1n) is 15.5. The van der Waals surface area contributed by atoms with Crippen molar-refractivity contribution in [3.63, 3.8) is 0 Å². The molecule has 0 radical (unpaired) electrons. The lowest BCUT2D eigenvalue weighted by atomic mass is 9.98. The van der Waals surface area contributed by atoms with E-state index >= 15 is 0 Å². The maximum atomic E-state index is 13.3. The number of aryl methyl sites for hydroxylation is 2. The predicted molar refractivity (Wildman–Crippen MR) is 190 cm³/mol. The summed E-state index contributed by atoms with van der Waals surface area (Å²) in [5.74, 6) is -0.0770. The Bertz CT molecular complexity index is 1750. The summed E-state index contributed by atoms with van der Waals surface area (Å²) >= 11 is 3.12. The molecule has 2 saturated heterocycles. The van der Waals surface area contributed by atoms with E-state index in [1.807, 2.05) is 27.7 Å². The van der Waals surface area contributed by atoms with Crippen LogP contribution in [-0.2, 0) is 32.2 Å². The highest BCUT2D eigenvalue weighted by Crippen LogP contribution is 2.52. The number of carbonyl (C=O) groups excluding carboxylic acids is 2. The maximum Gasteiger partial charge on any atom is 0.269 e. The molecular formula is C36H34N4O6S2. The molecule has 0 aromatic heterocycles. The minimum Gasteiger partial charge on any atom is -0.292 e. The van der Waals surface area contributed by atoms with Gasteiger partial charge in [0.05, 0.1) is 20.3 Å². The van der Waals surface area contributed by atoms with E-state index < -0.39 is 19.6 Å². The number of rotatable bonds is 9. The molecule has 10 nitrogen and oxygen atoms in total. The van der Waals surface area contributed by atoms with Gasteiger partial charge >= 0.3 is 0 Å². The highest BCUT2D eigenvalue weighted by atomic mass is 32.2. The standard InChI is InChI=1S/C36H34N4O6S2/c1-23-33(41)37(29-15-19-31(20-16-29)39(43)44)35(3,47-23)27-11-7-25(8-12-27)5-6-26-9-13-28(14-10-26)36(4)38(34(42)24(2)48-36)30-17-21-32(22-18-30)40(45)46/h7-24H,5-6H2,1-4H3/t23-,24-,35-,36-/m0/s1. The molecule has 2 heterocycles. The molecule has 2 aliphatic heterocycles. The van der Waals surface area contributed by atoms with E-state index in [1.54, 1.807) is 57.6 Å². The van der Waals surface area contributed by atoms with E-state index in [9.17, 15) is 29.8 Å². The Labute approximate surface area is 286 Å². The molecule has 2 amide bonds. The van der Waals surface area contributed by atoms with Crippen LogP contribution in [0, 0.1) is 20.2 Å². The van der Waals surface area contributed by atoms with Crippen molar-refractivity contribution in [3.05, 3.63) is 140 Å². The molecule has 2 aliphatic rings. The number of amides is 2. The zero-order chi connectivity index (χ0) is 34.4. The third-order valence-electron chi connectivity index (χ3n) is 9.12. The van der Waals surface area contributed by atoms with Crippen LogP contribution < -0.4 is 9.80 Å². The summed E-state index contributed by atoms with van der Waals surface area (Å²) in [5, 5.41) is 21.8. The summed E-state index contributed by atoms with van der Waals surface area (Å²) in [5.41, 5.74) is 5.45. The zero-order valence-electron chi connectivity index (χ0n) is 26.9. The molecule has 4 atom stereocenters.